The number of rotatable bonds is 6. The van der Waals surface area contributed by atoms with E-state index in [2.05, 4.69) is 21.7 Å². The number of primary amides is 1. The topological polar surface area (TPSA) is 70.1 Å². The minimum Gasteiger partial charge on any atom is -0.376 e. The molecule has 6 heteroatoms. The summed E-state index contributed by atoms with van der Waals surface area (Å²) in [6, 6.07) is 10.1. The van der Waals surface area contributed by atoms with Gasteiger partial charge >= 0.3 is 0 Å². The van der Waals surface area contributed by atoms with Crippen LogP contribution in [0.25, 0.3) is 11.3 Å². The maximum atomic E-state index is 11.4. The largest absolute Gasteiger partial charge is 0.376 e. The highest BCUT2D eigenvalue weighted by Gasteiger charge is 2.22. The number of carbonyl (C=O) groups excluding carboxylic acids is 1. The highest BCUT2D eigenvalue weighted by molar-refractivity contribution is 8.00. The van der Waals surface area contributed by atoms with Crippen molar-refractivity contribution < 1.29 is 9.53 Å². The zero-order valence-corrected chi connectivity index (χ0v) is 14.0. The van der Waals surface area contributed by atoms with E-state index < -0.39 is 0 Å². The third kappa shape index (κ3) is 3.76. The van der Waals surface area contributed by atoms with E-state index in [0.717, 1.165) is 42.4 Å². The Kier molecular flexibility index (Phi) is 5.03. The second kappa shape index (κ2) is 7.19. The molecule has 23 heavy (non-hydrogen) atoms. The molecule has 0 spiro atoms. The second-order valence-corrected chi connectivity index (χ2v) is 7.01. The fraction of sp³-hybridized carbons (Fsp3) is 0.412. The van der Waals surface area contributed by atoms with Gasteiger partial charge in [-0.2, -0.15) is 0 Å². The molecule has 1 aliphatic heterocycles. The quantitative estimate of drug-likeness (QED) is 0.826. The van der Waals surface area contributed by atoms with E-state index >= 15 is 0 Å². The highest BCUT2D eigenvalue weighted by atomic mass is 32.2. The minimum atomic E-state index is -0.331. The molecule has 2 atom stereocenters. The maximum absolute atomic E-state index is 11.4. The Balaban J connectivity index is 1.92. The minimum absolute atomic E-state index is 0.204. The van der Waals surface area contributed by atoms with Gasteiger partial charge in [0.05, 0.1) is 29.8 Å². The number of ether oxygens (including phenoxy) is 1. The van der Waals surface area contributed by atoms with Gasteiger partial charge in [0.15, 0.2) is 5.16 Å². The fourth-order valence-electron chi connectivity index (χ4n) is 2.68. The standard InChI is InChI=1S/C17H21N3O2S/c1-12(16(18)21)23-17-19-10-15(13-6-3-2-4-7-13)20(17)11-14-8-5-9-22-14/h2-4,6-7,10,12,14H,5,8-9,11H2,1H3,(H2,18,21)/t12-,14+/m1/s1. The molecule has 122 valence electrons. The highest BCUT2D eigenvalue weighted by Crippen LogP contribution is 2.30. The Morgan fingerprint density at radius 2 is 2.26 bits per heavy atom. The van der Waals surface area contributed by atoms with Gasteiger partial charge < -0.3 is 15.0 Å². The van der Waals surface area contributed by atoms with Gasteiger partial charge in [0.25, 0.3) is 0 Å². The van der Waals surface area contributed by atoms with Crippen LogP contribution in [0.3, 0.4) is 0 Å². The Hall–Kier alpha value is -1.79. The van der Waals surface area contributed by atoms with E-state index in [4.69, 9.17) is 10.5 Å². The van der Waals surface area contributed by atoms with Crippen LogP contribution in [-0.4, -0.2) is 33.4 Å². The first-order valence-electron chi connectivity index (χ1n) is 7.83. The number of amides is 1. The van der Waals surface area contributed by atoms with E-state index in [1.54, 1.807) is 6.92 Å². The van der Waals surface area contributed by atoms with Crippen molar-refractivity contribution in [2.24, 2.45) is 5.73 Å². The number of hydrogen-bond donors (Lipinski definition) is 1. The summed E-state index contributed by atoms with van der Waals surface area (Å²) in [5.41, 5.74) is 7.54. The molecule has 2 aromatic rings. The SMILES string of the molecule is C[C@@H](Sc1ncc(-c2ccccc2)n1C[C@@H]1CCCO1)C(N)=O. The first-order chi connectivity index (χ1) is 11.1. The van der Waals surface area contributed by atoms with Crippen molar-refractivity contribution in [3.63, 3.8) is 0 Å². The van der Waals surface area contributed by atoms with Crippen LogP contribution in [0.4, 0.5) is 0 Å². The number of aromatic nitrogens is 2. The van der Waals surface area contributed by atoms with Gasteiger partial charge in [0, 0.05) is 6.61 Å². The summed E-state index contributed by atoms with van der Waals surface area (Å²) in [7, 11) is 0. The van der Waals surface area contributed by atoms with Crippen LogP contribution in [0.15, 0.2) is 41.7 Å². The molecular weight excluding hydrogens is 310 g/mol. The Morgan fingerprint density at radius 1 is 1.48 bits per heavy atom. The van der Waals surface area contributed by atoms with Crippen molar-refractivity contribution in [3.05, 3.63) is 36.5 Å². The normalized spacial score (nSPS) is 18.9. The summed E-state index contributed by atoms with van der Waals surface area (Å²) in [5, 5.41) is 0.495. The third-order valence-corrected chi connectivity index (χ3v) is 5.10. The van der Waals surface area contributed by atoms with Gasteiger partial charge in [0.2, 0.25) is 5.91 Å². The average molecular weight is 331 g/mol. The third-order valence-electron chi connectivity index (χ3n) is 3.98. The molecule has 0 radical (unpaired) electrons. The first kappa shape index (κ1) is 16.1. The fourth-order valence-corrected chi connectivity index (χ4v) is 3.52. The molecule has 1 aromatic carbocycles. The van der Waals surface area contributed by atoms with Crippen molar-refractivity contribution in [2.75, 3.05) is 6.61 Å². The van der Waals surface area contributed by atoms with Gasteiger partial charge in [-0.15, -0.1) is 0 Å². The molecular formula is C17H21N3O2S. The summed E-state index contributed by atoms with van der Waals surface area (Å²) in [6.45, 7) is 3.37. The Labute approximate surface area is 140 Å². The monoisotopic (exact) mass is 331 g/mol. The van der Waals surface area contributed by atoms with Gasteiger partial charge in [0.1, 0.15) is 0 Å². The molecule has 1 aliphatic rings. The van der Waals surface area contributed by atoms with Crippen molar-refractivity contribution in [3.8, 4) is 11.3 Å². The van der Waals surface area contributed by atoms with Crippen LogP contribution in [0.1, 0.15) is 19.8 Å². The van der Waals surface area contributed by atoms with Gasteiger partial charge in [-0.25, -0.2) is 4.98 Å². The predicted molar refractivity (Wildman–Crippen MR) is 91.2 cm³/mol. The lowest BCUT2D eigenvalue weighted by Crippen LogP contribution is -2.23. The lowest BCUT2D eigenvalue weighted by atomic mass is 10.1. The molecule has 2 N–H and O–H groups in total. The number of nitrogens with two attached hydrogens (primary N) is 1. The number of imidazole rings is 1. The molecule has 2 heterocycles. The molecule has 0 aliphatic carbocycles. The smallest absolute Gasteiger partial charge is 0.230 e. The number of nitrogens with zero attached hydrogens (tertiary/aromatic N) is 2. The summed E-state index contributed by atoms with van der Waals surface area (Å²) in [5.74, 6) is -0.331. The van der Waals surface area contributed by atoms with Crippen LogP contribution in [0, 0.1) is 0 Å². The lowest BCUT2D eigenvalue weighted by Gasteiger charge is -2.17. The van der Waals surface area contributed by atoms with Crippen molar-refractivity contribution in [1.82, 2.24) is 9.55 Å². The molecule has 5 nitrogen and oxygen atoms in total. The summed E-state index contributed by atoms with van der Waals surface area (Å²) in [6.07, 6.45) is 4.22. The molecule has 0 unspecified atom stereocenters. The van der Waals surface area contributed by atoms with Crippen LogP contribution in [0.2, 0.25) is 0 Å². The van der Waals surface area contributed by atoms with E-state index in [9.17, 15) is 4.79 Å². The number of benzene rings is 1. The zero-order chi connectivity index (χ0) is 16.2. The summed E-state index contributed by atoms with van der Waals surface area (Å²) in [4.78, 5) is 15.9. The maximum Gasteiger partial charge on any atom is 0.230 e. The molecule has 1 fully saturated rings. The van der Waals surface area contributed by atoms with Crippen molar-refractivity contribution in [1.29, 1.82) is 0 Å². The van der Waals surface area contributed by atoms with Crippen LogP contribution in [0.5, 0.6) is 0 Å². The van der Waals surface area contributed by atoms with Gasteiger partial charge in [-0.3, -0.25) is 4.79 Å². The molecule has 0 saturated carbocycles. The van der Waals surface area contributed by atoms with Crippen LogP contribution >= 0.6 is 11.8 Å². The van der Waals surface area contributed by atoms with Crippen LogP contribution in [-0.2, 0) is 16.1 Å². The summed E-state index contributed by atoms with van der Waals surface area (Å²) < 4.78 is 7.92. The lowest BCUT2D eigenvalue weighted by molar-refractivity contribution is -0.117. The van der Waals surface area contributed by atoms with Gasteiger partial charge in [-0.1, -0.05) is 42.1 Å². The second-order valence-electron chi connectivity index (χ2n) is 5.70. The number of thioether (sulfide) groups is 1. The average Bonchev–Trinajstić information content (AvgIpc) is 3.19. The Bertz CT molecular complexity index is 666. The van der Waals surface area contributed by atoms with Gasteiger partial charge in [-0.05, 0) is 25.3 Å². The molecule has 1 aromatic heterocycles. The zero-order valence-electron chi connectivity index (χ0n) is 13.1. The van der Waals surface area contributed by atoms with E-state index in [0.29, 0.717) is 0 Å². The van der Waals surface area contributed by atoms with E-state index in [1.807, 2.05) is 24.4 Å². The molecule has 0 bridgehead atoms. The summed E-state index contributed by atoms with van der Waals surface area (Å²) >= 11 is 1.40. The Morgan fingerprint density at radius 3 is 2.91 bits per heavy atom. The number of hydrogen-bond acceptors (Lipinski definition) is 4. The molecule has 1 amide bonds. The predicted octanol–water partition coefficient (Wildman–Crippen LogP) is 2.69. The van der Waals surface area contributed by atoms with Crippen molar-refractivity contribution >= 4 is 17.7 Å². The van der Waals surface area contributed by atoms with E-state index in [1.165, 1.54) is 11.8 Å². The van der Waals surface area contributed by atoms with Crippen molar-refractivity contribution in [2.45, 2.75) is 42.8 Å². The molecule has 3 rings (SSSR count). The van der Waals surface area contributed by atoms with E-state index in [-0.39, 0.29) is 17.3 Å². The number of carbonyl (C=O) groups is 1. The molecule has 1 saturated heterocycles. The van der Waals surface area contributed by atoms with Crippen LogP contribution < -0.4 is 5.73 Å². The first-order valence-corrected chi connectivity index (χ1v) is 8.71.